The molecule has 1 amide bonds. The van der Waals surface area contributed by atoms with Gasteiger partial charge >= 0.3 is 0 Å². The molecule has 4 nitrogen and oxygen atoms in total. The van der Waals surface area contributed by atoms with Gasteiger partial charge in [0.05, 0.1) is 15.7 Å². The van der Waals surface area contributed by atoms with E-state index in [2.05, 4.69) is 37.2 Å². The van der Waals surface area contributed by atoms with Crippen molar-refractivity contribution in [1.82, 2.24) is 0 Å². The third-order valence-electron chi connectivity index (χ3n) is 2.59. The molecule has 0 heterocycles. The highest BCUT2D eigenvalue weighted by atomic mass is 79.9. The zero-order valence-electron chi connectivity index (χ0n) is 10.8. The minimum atomic E-state index is -1.49. The summed E-state index contributed by atoms with van der Waals surface area (Å²) in [5.41, 5.74) is 6.84. The summed E-state index contributed by atoms with van der Waals surface area (Å²) in [6.07, 6.45) is 0. The number of nitrogens with two attached hydrogens (primary N) is 1. The number of halogens is 2. The Hall–Kier alpha value is -1.18. The van der Waals surface area contributed by atoms with E-state index in [1.807, 2.05) is 12.1 Å². The first-order valence-corrected chi connectivity index (χ1v) is 8.85. The van der Waals surface area contributed by atoms with Crippen molar-refractivity contribution in [2.45, 2.75) is 4.90 Å². The van der Waals surface area contributed by atoms with E-state index in [9.17, 15) is 9.00 Å². The maximum absolute atomic E-state index is 12.2. The van der Waals surface area contributed by atoms with Crippen LogP contribution in [0.3, 0.4) is 0 Å². The topological polar surface area (TPSA) is 72.2 Å². The van der Waals surface area contributed by atoms with Crippen LogP contribution in [0.1, 0.15) is 0 Å². The summed E-state index contributed by atoms with van der Waals surface area (Å²) < 4.78 is 13.9. The summed E-state index contributed by atoms with van der Waals surface area (Å²) in [5, 5.41) is 2.70. The quantitative estimate of drug-likeness (QED) is 0.727. The molecule has 2 aromatic carbocycles. The molecule has 21 heavy (non-hydrogen) atoms. The minimum Gasteiger partial charge on any atom is -0.398 e. The zero-order chi connectivity index (χ0) is 15.4. The molecule has 0 aliphatic rings. The van der Waals surface area contributed by atoms with Crippen LogP contribution in [0.15, 0.2) is 56.3 Å². The lowest BCUT2D eigenvalue weighted by molar-refractivity contribution is -0.113. The van der Waals surface area contributed by atoms with Crippen LogP contribution < -0.4 is 11.1 Å². The highest BCUT2D eigenvalue weighted by Gasteiger charge is 2.13. The fraction of sp³-hybridized carbons (Fsp3) is 0.0714. The molecule has 0 aliphatic heterocycles. The fourth-order valence-corrected chi connectivity index (χ4v) is 3.63. The van der Waals surface area contributed by atoms with Crippen LogP contribution in [0, 0.1) is 0 Å². The number of carbonyl (C=O) groups excluding carboxylic acids is 1. The van der Waals surface area contributed by atoms with E-state index in [0.29, 0.717) is 16.3 Å². The van der Waals surface area contributed by atoms with Crippen molar-refractivity contribution in [3.05, 3.63) is 51.4 Å². The Kier molecular flexibility index (Phi) is 5.55. The van der Waals surface area contributed by atoms with Crippen LogP contribution >= 0.6 is 31.9 Å². The van der Waals surface area contributed by atoms with Crippen molar-refractivity contribution < 1.29 is 9.00 Å². The highest BCUT2D eigenvalue weighted by molar-refractivity contribution is 9.10. The first kappa shape index (κ1) is 16.2. The molecule has 0 aromatic heterocycles. The molecular formula is C14H12Br2N2O2S. The molecule has 0 bridgehead atoms. The number of nitrogen functional groups attached to an aromatic ring is 1. The Morgan fingerprint density at radius 3 is 2.57 bits per heavy atom. The molecule has 0 radical (unpaired) electrons. The van der Waals surface area contributed by atoms with Crippen LogP contribution in [-0.4, -0.2) is 15.9 Å². The van der Waals surface area contributed by atoms with Crippen LogP contribution in [0.4, 0.5) is 11.4 Å². The van der Waals surface area contributed by atoms with E-state index in [4.69, 9.17) is 5.73 Å². The average molecular weight is 432 g/mol. The SMILES string of the molecule is Nc1ccc(Br)cc1S(=O)CC(=O)Nc1cccc(Br)c1. The monoisotopic (exact) mass is 430 g/mol. The third-order valence-corrected chi connectivity index (χ3v) is 4.95. The van der Waals surface area contributed by atoms with E-state index >= 15 is 0 Å². The number of rotatable bonds is 4. The molecule has 0 spiro atoms. The maximum atomic E-state index is 12.2. The standard InChI is InChI=1S/C14H12Br2N2O2S/c15-9-2-1-3-11(6-9)18-14(19)8-21(20)13-7-10(16)4-5-12(13)17/h1-7H,8,17H2,(H,18,19). The van der Waals surface area contributed by atoms with Gasteiger partial charge in [0.15, 0.2) is 0 Å². The van der Waals surface area contributed by atoms with Gasteiger partial charge < -0.3 is 11.1 Å². The second-order valence-electron chi connectivity index (χ2n) is 4.23. The number of carbonyl (C=O) groups is 1. The number of hydrogen-bond donors (Lipinski definition) is 2. The molecule has 0 fully saturated rings. The van der Waals surface area contributed by atoms with E-state index in [0.717, 1.165) is 8.95 Å². The summed E-state index contributed by atoms with van der Waals surface area (Å²) in [6.45, 7) is 0. The Labute approximate surface area is 141 Å². The fourth-order valence-electron chi connectivity index (χ4n) is 1.67. The van der Waals surface area contributed by atoms with Gasteiger partial charge in [0.1, 0.15) is 5.75 Å². The molecular weight excluding hydrogens is 420 g/mol. The Morgan fingerprint density at radius 1 is 1.14 bits per heavy atom. The van der Waals surface area contributed by atoms with Crippen molar-refractivity contribution in [1.29, 1.82) is 0 Å². The molecule has 0 aliphatic carbocycles. The molecule has 110 valence electrons. The lowest BCUT2D eigenvalue weighted by Gasteiger charge is -2.08. The smallest absolute Gasteiger partial charge is 0.237 e. The highest BCUT2D eigenvalue weighted by Crippen LogP contribution is 2.22. The summed E-state index contributed by atoms with van der Waals surface area (Å²) >= 11 is 6.62. The molecule has 7 heteroatoms. The average Bonchev–Trinajstić information content (AvgIpc) is 2.41. The molecule has 1 unspecified atom stereocenters. The van der Waals surface area contributed by atoms with E-state index in [1.165, 1.54) is 0 Å². The van der Waals surface area contributed by atoms with Gasteiger partial charge in [0.2, 0.25) is 5.91 Å². The lowest BCUT2D eigenvalue weighted by atomic mass is 10.3. The summed E-state index contributed by atoms with van der Waals surface area (Å²) in [5.74, 6) is -0.474. The van der Waals surface area contributed by atoms with E-state index in [1.54, 1.807) is 30.3 Å². The predicted octanol–water partition coefficient (Wildman–Crippen LogP) is 3.54. The third kappa shape index (κ3) is 4.66. The minimum absolute atomic E-state index is 0.146. The number of nitrogens with one attached hydrogen (secondary N) is 1. The molecule has 0 saturated heterocycles. The maximum Gasteiger partial charge on any atom is 0.237 e. The summed E-state index contributed by atoms with van der Waals surface area (Å²) in [7, 11) is -1.49. The first-order valence-electron chi connectivity index (χ1n) is 5.94. The van der Waals surface area contributed by atoms with Crippen molar-refractivity contribution >= 4 is 59.9 Å². The molecule has 0 saturated carbocycles. The van der Waals surface area contributed by atoms with E-state index < -0.39 is 10.8 Å². The van der Waals surface area contributed by atoms with Gasteiger partial charge in [-0.15, -0.1) is 0 Å². The van der Waals surface area contributed by atoms with Crippen LogP contribution in [0.25, 0.3) is 0 Å². The Morgan fingerprint density at radius 2 is 1.86 bits per heavy atom. The molecule has 3 N–H and O–H groups in total. The number of benzene rings is 2. The second kappa shape index (κ2) is 7.20. The van der Waals surface area contributed by atoms with Gasteiger partial charge in [0.25, 0.3) is 0 Å². The first-order chi connectivity index (χ1) is 9.95. The van der Waals surface area contributed by atoms with E-state index in [-0.39, 0.29) is 11.7 Å². The van der Waals surface area contributed by atoms with Crippen LogP contribution in [-0.2, 0) is 15.6 Å². The Balaban J connectivity index is 2.05. The van der Waals surface area contributed by atoms with Crippen molar-refractivity contribution in [3.63, 3.8) is 0 Å². The summed E-state index contributed by atoms with van der Waals surface area (Å²) in [6, 6.07) is 12.3. The molecule has 1 atom stereocenters. The Bertz CT molecular complexity index is 707. The lowest BCUT2D eigenvalue weighted by Crippen LogP contribution is -2.20. The largest absolute Gasteiger partial charge is 0.398 e. The number of anilines is 2. The zero-order valence-corrected chi connectivity index (χ0v) is 14.8. The van der Waals surface area contributed by atoms with Crippen LogP contribution in [0.5, 0.6) is 0 Å². The summed E-state index contributed by atoms with van der Waals surface area (Å²) in [4.78, 5) is 12.4. The number of hydrogen-bond acceptors (Lipinski definition) is 3. The van der Waals surface area contributed by atoms with Gasteiger partial charge in [-0.05, 0) is 36.4 Å². The normalized spacial score (nSPS) is 11.9. The van der Waals surface area contributed by atoms with Gasteiger partial charge in [-0.2, -0.15) is 0 Å². The van der Waals surface area contributed by atoms with Crippen molar-refractivity contribution in [3.8, 4) is 0 Å². The van der Waals surface area contributed by atoms with Crippen molar-refractivity contribution in [2.24, 2.45) is 0 Å². The van der Waals surface area contributed by atoms with Crippen molar-refractivity contribution in [2.75, 3.05) is 16.8 Å². The predicted molar refractivity (Wildman–Crippen MR) is 92.6 cm³/mol. The molecule has 2 aromatic rings. The van der Waals surface area contributed by atoms with Gasteiger partial charge in [-0.1, -0.05) is 37.9 Å². The van der Waals surface area contributed by atoms with Gasteiger partial charge in [0, 0.05) is 20.3 Å². The van der Waals surface area contributed by atoms with Crippen LogP contribution in [0.2, 0.25) is 0 Å². The van der Waals surface area contributed by atoms with Gasteiger partial charge in [-0.3, -0.25) is 9.00 Å². The number of amides is 1. The molecule has 2 rings (SSSR count). The van der Waals surface area contributed by atoms with Gasteiger partial charge in [-0.25, -0.2) is 0 Å². The second-order valence-corrected chi connectivity index (χ2v) is 7.48.